The average Bonchev–Trinajstić information content (AvgIpc) is 2.65. The van der Waals surface area contributed by atoms with Crippen LogP contribution in [0.5, 0.6) is 0 Å². The van der Waals surface area contributed by atoms with Crippen LogP contribution >= 0.6 is 11.8 Å². The van der Waals surface area contributed by atoms with E-state index in [1.54, 1.807) is 42.1 Å². The van der Waals surface area contributed by atoms with Crippen molar-refractivity contribution in [1.82, 2.24) is 15.1 Å². The van der Waals surface area contributed by atoms with E-state index in [1.807, 2.05) is 0 Å². The van der Waals surface area contributed by atoms with Gasteiger partial charge in [-0.1, -0.05) is 12.1 Å². The Morgan fingerprint density at radius 3 is 3.04 bits per heavy atom. The number of thioether (sulfide) groups is 1. The zero-order valence-corrected chi connectivity index (χ0v) is 14.6. The molecule has 0 bridgehead atoms. The van der Waals surface area contributed by atoms with Gasteiger partial charge < -0.3 is 5.32 Å². The Morgan fingerprint density at radius 1 is 1.31 bits per heavy atom. The molecule has 1 unspecified atom stereocenters. The minimum Gasteiger partial charge on any atom is -0.348 e. The number of carbonyl (C=O) groups excluding carboxylic acids is 1. The van der Waals surface area contributed by atoms with Gasteiger partial charge >= 0.3 is 0 Å². The molecule has 1 aliphatic heterocycles. The third-order valence-electron chi connectivity index (χ3n) is 4.40. The van der Waals surface area contributed by atoms with Crippen LogP contribution in [0.4, 0.5) is 4.39 Å². The van der Waals surface area contributed by atoms with E-state index in [0.717, 1.165) is 22.6 Å². The molecule has 26 heavy (non-hydrogen) atoms. The first kappa shape index (κ1) is 16.8. The molecule has 3 aromatic rings. The van der Waals surface area contributed by atoms with Crippen LogP contribution in [0, 0.1) is 5.82 Å². The van der Waals surface area contributed by atoms with Crippen molar-refractivity contribution in [2.24, 2.45) is 0 Å². The molecule has 1 atom stereocenters. The maximum absolute atomic E-state index is 13.6. The van der Waals surface area contributed by atoms with Crippen LogP contribution in [0.2, 0.25) is 0 Å². The highest BCUT2D eigenvalue weighted by Gasteiger charge is 2.23. The van der Waals surface area contributed by atoms with Crippen molar-refractivity contribution in [1.29, 1.82) is 0 Å². The topological polar surface area (TPSA) is 64.0 Å². The smallest absolute Gasteiger partial charge is 0.242 e. The molecule has 0 saturated carbocycles. The lowest BCUT2D eigenvalue weighted by Gasteiger charge is -2.26. The zero-order valence-electron chi connectivity index (χ0n) is 13.8. The van der Waals surface area contributed by atoms with Gasteiger partial charge in [-0.25, -0.2) is 4.39 Å². The third-order valence-corrected chi connectivity index (χ3v) is 5.52. The number of aromatic nitrogens is 2. The number of rotatable bonds is 3. The maximum atomic E-state index is 13.6. The van der Waals surface area contributed by atoms with Gasteiger partial charge in [-0.2, -0.15) is 5.10 Å². The van der Waals surface area contributed by atoms with E-state index in [-0.39, 0.29) is 29.7 Å². The lowest BCUT2D eigenvalue weighted by atomic mass is 10.0. The summed E-state index contributed by atoms with van der Waals surface area (Å²) >= 11 is 1.67. The number of halogens is 1. The standard InChI is InChI=1S/C19H16FN3O2S/c20-12-5-6-18-14(9-12)15(7-8-26-18)22-19(25)11-23-16-4-2-1-3-13(16)17(24)10-21-23/h1-6,9-10,15H,7-8,11H2,(H,22,25). The van der Waals surface area contributed by atoms with E-state index in [1.165, 1.54) is 23.0 Å². The minimum absolute atomic E-state index is 0.00488. The van der Waals surface area contributed by atoms with Gasteiger partial charge in [0.2, 0.25) is 11.3 Å². The van der Waals surface area contributed by atoms with E-state index < -0.39 is 0 Å². The molecule has 0 fully saturated rings. The molecule has 5 nitrogen and oxygen atoms in total. The number of carbonyl (C=O) groups is 1. The van der Waals surface area contributed by atoms with Gasteiger partial charge in [0.1, 0.15) is 12.4 Å². The molecule has 0 spiro atoms. The second-order valence-corrected chi connectivity index (χ2v) is 7.26. The van der Waals surface area contributed by atoms with Crippen molar-refractivity contribution in [2.75, 3.05) is 5.75 Å². The van der Waals surface area contributed by atoms with E-state index in [9.17, 15) is 14.0 Å². The molecule has 7 heteroatoms. The molecule has 1 aromatic heterocycles. The van der Waals surface area contributed by atoms with Gasteiger partial charge in [0.25, 0.3) is 0 Å². The van der Waals surface area contributed by atoms with Crippen LogP contribution in [0.25, 0.3) is 10.9 Å². The second-order valence-electron chi connectivity index (χ2n) is 6.12. The Bertz CT molecular complexity index is 1050. The highest BCUT2D eigenvalue weighted by Crippen LogP contribution is 2.36. The zero-order chi connectivity index (χ0) is 18.1. The summed E-state index contributed by atoms with van der Waals surface area (Å²) in [4.78, 5) is 25.4. The summed E-state index contributed by atoms with van der Waals surface area (Å²) in [7, 11) is 0. The highest BCUT2D eigenvalue weighted by atomic mass is 32.2. The molecule has 132 valence electrons. The van der Waals surface area contributed by atoms with Gasteiger partial charge in [0, 0.05) is 16.0 Å². The van der Waals surface area contributed by atoms with Crippen molar-refractivity contribution < 1.29 is 9.18 Å². The van der Waals surface area contributed by atoms with Gasteiger partial charge in [-0.3, -0.25) is 14.3 Å². The Hall–Kier alpha value is -2.67. The average molecular weight is 369 g/mol. The van der Waals surface area contributed by atoms with Crippen molar-refractivity contribution in [2.45, 2.75) is 23.9 Å². The first-order valence-corrected chi connectivity index (χ1v) is 9.27. The predicted octanol–water partition coefficient (Wildman–Crippen LogP) is 2.89. The van der Waals surface area contributed by atoms with Crippen LogP contribution < -0.4 is 10.7 Å². The molecular weight excluding hydrogens is 353 g/mol. The van der Waals surface area contributed by atoms with Crippen LogP contribution in [-0.2, 0) is 11.3 Å². The Morgan fingerprint density at radius 2 is 2.15 bits per heavy atom. The van der Waals surface area contributed by atoms with Gasteiger partial charge in [-0.15, -0.1) is 11.8 Å². The highest BCUT2D eigenvalue weighted by molar-refractivity contribution is 7.99. The van der Waals surface area contributed by atoms with Crippen LogP contribution in [-0.4, -0.2) is 21.4 Å². The molecule has 0 aliphatic carbocycles. The number of para-hydroxylation sites is 1. The molecule has 0 radical (unpaired) electrons. The second kappa shape index (κ2) is 6.92. The van der Waals surface area contributed by atoms with Crippen molar-refractivity contribution >= 4 is 28.6 Å². The number of benzene rings is 2. The number of amides is 1. The Kier molecular flexibility index (Phi) is 4.46. The first-order valence-electron chi connectivity index (χ1n) is 8.28. The van der Waals surface area contributed by atoms with Gasteiger partial charge in [0.15, 0.2) is 0 Å². The molecule has 0 saturated heterocycles. The Balaban J connectivity index is 1.57. The molecule has 1 aliphatic rings. The maximum Gasteiger partial charge on any atom is 0.242 e. The number of hydrogen-bond donors (Lipinski definition) is 1. The van der Waals surface area contributed by atoms with E-state index >= 15 is 0 Å². The minimum atomic E-state index is -0.307. The summed E-state index contributed by atoms with van der Waals surface area (Å²) in [6.07, 6.45) is 1.96. The predicted molar refractivity (Wildman–Crippen MR) is 98.6 cm³/mol. The molecule has 2 heterocycles. The number of hydrogen-bond acceptors (Lipinski definition) is 4. The Labute approximate surface area is 153 Å². The van der Waals surface area contributed by atoms with E-state index in [2.05, 4.69) is 10.4 Å². The van der Waals surface area contributed by atoms with E-state index in [4.69, 9.17) is 0 Å². The molecule has 4 rings (SSSR count). The van der Waals surface area contributed by atoms with Crippen molar-refractivity contribution in [3.63, 3.8) is 0 Å². The quantitative estimate of drug-likeness (QED) is 0.771. The molecule has 1 N–H and O–H groups in total. The van der Waals surface area contributed by atoms with Crippen molar-refractivity contribution in [3.8, 4) is 0 Å². The number of fused-ring (bicyclic) bond motifs is 2. The van der Waals surface area contributed by atoms with Gasteiger partial charge in [-0.05, 0) is 42.3 Å². The fourth-order valence-electron chi connectivity index (χ4n) is 3.18. The fraction of sp³-hybridized carbons (Fsp3) is 0.211. The SMILES string of the molecule is O=C(Cn1ncc(=O)c2ccccc21)NC1CCSc2ccc(F)cc21. The normalized spacial score (nSPS) is 16.3. The number of nitrogens with one attached hydrogen (secondary N) is 1. The lowest BCUT2D eigenvalue weighted by Crippen LogP contribution is -2.34. The lowest BCUT2D eigenvalue weighted by molar-refractivity contribution is -0.122. The summed E-state index contributed by atoms with van der Waals surface area (Å²) in [5.74, 6) is 0.333. The van der Waals surface area contributed by atoms with Crippen molar-refractivity contribution in [3.05, 3.63) is 70.3 Å². The summed E-state index contributed by atoms with van der Waals surface area (Å²) in [5.41, 5.74) is 1.25. The van der Waals surface area contributed by atoms with Crippen LogP contribution in [0.1, 0.15) is 18.0 Å². The van der Waals surface area contributed by atoms with Crippen LogP contribution in [0.15, 0.2) is 58.4 Å². The summed E-state index contributed by atoms with van der Waals surface area (Å²) in [6.45, 7) is -0.00488. The van der Waals surface area contributed by atoms with E-state index in [0.29, 0.717) is 10.9 Å². The largest absolute Gasteiger partial charge is 0.348 e. The summed E-state index contributed by atoms with van der Waals surface area (Å²) in [6, 6.07) is 11.5. The van der Waals surface area contributed by atoms with Gasteiger partial charge in [0.05, 0.1) is 17.8 Å². The molecular formula is C19H16FN3O2S. The molecule has 2 aromatic carbocycles. The summed E-state index contributed by atoms with van der Waals surface area (Å²) in [5, 5.41) is 7.57. The van der Waals surface area contributed by atoms with Crippen LogP contribution in [0.3, 0.4) is 0 Å². The first-order chi connectivity index (χ1) is 12.6. The molecule has 1 amide bonds. The fourth-order valence-corrected chi connectivity index (χ4v) is 4.28. The third kappa shape index (κ3) is 3.22. The number of nitrogens with zero attached hydrogens (tertiary/aromatic N) is 2. The monoisotopic (exact) mass is 369 g/mol. The summed E-state index contributed by atoms with van der Waals surface area (Å²) < 4.78 is 15.1.